The van der Waals surface area contributed by atoms with E-state index in [1.807, 2.05) is 18.2 Å². The Hall–Kier alpha value is -1.94. The number of nitrogens with one attached hydrogen (secondary N) is 1. The number of likely N-dealkylation sites (N-methyl/N-ethyl adjacent to an activating group) is 1. The zero-order valence-corrected chi connectivity index (χ0v) is 10.4. The van der Waals surface area contributed by atoms with E-state index in [1.165, 1.54) is 0 Å². The van der Waals surface area contributed by atoms with Crippen LogP contribution in [0.15, 0.2) is 42.9 Å². The summed E-state index contributed by atoms with van der Waals surface area (Å²) in [6.07, 6.45) is 4.16. The Balaban J connectivity index is 2.14. The molecule has 0 fully saturated rings. The van der Waals surface area contributed by atoms with Gasteiger partial charge < -0.3 is 10.4 Å². The summed E-state index contributed by atoms with van der Waals surface area (Å²) in [5.41, 5.74) is 2.15. The molecular formula is C14H17N3O. The van der Waals surface area contributed by atoms with E-state index in [2.05, 4.69) is 22.2 Å². The SMILES string of the molecule is CCNC(Cc1ccc(O)cc1)c1ccncn1. The fourth-order valence-corrected chi connectivity index (χ4v) is 1.90. The Morgan fingerprint density at radius 1 is 1.22 bits per heavy atom. The van der Waals surface area contributed by atoms with Crippen molar-refractivity contribution >= 4 is 0 Å². The van der Waals surface area contributed by atoms with Crippen molar-refractivity contribution < 1.29 is 5.11 Å². The smallest absolute Gasteiger partial charge is 0.115 e. The van der Waals surface area contributed by atoms with E-state index in [0.29, 0.717) is 5.75 Å². The average Bonchev–Trinajstić information content (AvgIpc) is 2.42. The van der Waals surface area contributed by atoms with Crippen LogP contribution in [0.3, 0.4) is 0 Å². The largest absolute Gasteiger partial charge is 0.508 e. The van der Waals surface area contributed by atoms with Gasteiger partial charge in [0.2, 0.25) is 0 Å². The monoisotopic (exact) mass is 243 g/mol. The molecule has 18 heavy (non-hydrogen) atoms. The highest BCUT2D eigenvalue weighted by Crippen LogP contribution is 2.18. The van der Waals surface area contributed by atoms with Crippen LogP contribution in [0.1, 0.15) is 24.2 Å². The standard InChI is InChI=1S/C14H17N3O/c1-2-16-14(13-7-8-15-10-17-13)9-11-3-5-12(18)6-4-11/h3-8,10,14,16,18H,2,9H2,1H3. The summed E-state index contributed by atoms with van der Waals surface area (Å²) in [6, 6.07) is 9.37. The molecule has 2 aromatic rings. The van der Waals surface area contributed by atoms with Crippen molar-refractivity contribution in [2.45, 2.75) is 19.4 Å². The van der Waals surface area contributed by atoms with Gasteiger partial charge in [0.25, 0.3) is 0 Å². The van der Waals surface area contributed by atoms with E-state index in [9.17, 15) is 5.11 Å². The highest BCUT2D eigenvalue weighted by molar-refractivity contribution is 5.27. The summed E-state index contributed by atoms with van der Waals surface area (Å²) < 4.78 is 0. The number of phenolic OH excluding ortho intramolecular Hbond substituents is 1. The lowest BCUT2D eigenvalue weighted by atomic mass is 10.0. The number of nitrogens with zero attached hydrogens (tertiary/aromatic N) is 2. The molecule has 0 aliphatic heterocycles. The van der Waals surface area contributed by atoms with E-state index >= 15 is 0 Å². The van der Waals surface area contributed by atoms with Gasteiger partial charge in [-0.25, -0.2) is 9.97 Å². The molecule has 1 aromatic carbocycles. The van der Waals surface area contributed by atoms with Crippen molar-refractivity contribution in [1.29, 1.82) is 0 Å². The topological polar surface area (TPSA) is 58.0 Å². The summed E-state index contributed by atoms with van der Waals surface area (Å²) in [4.78, 5) is 8.22. The number of aromatic nitrogens is 2. The van der Waals surface area contributed by atoms with Crippen LogP contribution >= 0.6 is 0 Å². The fourth-order valence-electron chi connectivity index (χ4n) is 1.90. The van der Waals surface area contributed by atoms with Crippen LogP contribution in [0.2, 0.25) is 0 Å². The Kier molecular flexibility index (Phi) is 4.25. The van der Waals surface area contributed by atoms with Crippen LogP contribution in [-0.4, -0.2) is 21.6 Å². The number of rotatable bonds is 5. The van der Waals surface area contributed by atoms with E-state index in [0.717, 1.165) is 24.2 Å². The molecule has 0 radical (unpaired) electrons. The Morgan fingerprint density at radius 2 is 2.00 bits per heavy atom. The maximum absolute atomic E-state index is 9.27. The second-order valence-corrected chi connectivity index (χ2v) is 4.12. The third kappa shape index (κ3) is 3.28. The van der Waals surface area contributed by atoms with Crippen LogP contribution in [0.25, 0.3) is 0 Å². The number of hydrogen-bond acceptors (Lipinski definition) is 4. The third-order valence-corrected chi connectivity index (χ3v) is 2.79. The molecule has 1 aromatic heterocycles. The summed E-state index contributed by atoms with van der Waals surface area (Å²) >= 11 is 0. The predicted octanol–water partition coefficient (Wildman–Crippen LogP) is 2.08. The molecule has 0 aliphatic carbocycles. The predicted molar refractivity (Wildman–Crippen MR) is 70.3 cm³/mol. The zero-order chi connectivity index (χ0) is 12.8. The zero-order valence-electron chi connectivity index (χ0n) is 10.4. The van der Waals surface area contributed by atoms with Gasteiger partial charge in [-0.1, -0.05) is 19.1 Å². The van der Waals surface area contributed by atoms with E-state index in [4.69, 9.17) is 0 Å². The number of hydrogen-bond donors (Lipinski definition) is 2. The highest BCUT2D eigenvalue weighted by atomic mass is 16.3. The second-order valence-electron chi connectivity index (χ2n) is 4.12. The first-order valence-electron chi connectivity index (χ1n) is 6.06. The van der Waals surface area contributed by atoms with Gasteiger partial charge in [-0.3, -0.25) is 0 Å². The van der Waals surface area contributed by atoms with Crippen molar-refractivity contribution in [3.8, 4) is 5.75 Å². The van der Waals surface area contributed by atoms with Crippen molar-refractivity contribution in [1.82, 2.24) is 15.3 Å². The number of phenols is 1. The van der Waals surface area contributed by atoms with Gasteiger partial charge in [0.1, 0.15) is 12.1 Å². The lowest BCUT2D eigenvalue weighted by Gasteiger charge is -2.17. The summed E-state index contributed by atoms with van der Waals surface area (Å²) in [5.74, 6) is 0.292. The van der Waals surface area contributed by atoms with Crippen LogP contribution in [0, 0.1) is 0 Å². The molecule has 0 spiro atoms. The van der Waals surface area contributed by atoms with Gasteiger partial charge in [0.05, 0.1) is 11.7 Å². The Bertz CT molecular complexity index is 470. The van der Waals surface area contributed by atoms with Crippen molar-refractivity contribution in [2.24, 2.45) is 0 Å². The molecule has 4 nitrogen and oxygen atoms in total. The highest BCUT2D eigenvalue weighted by Gasteiger charge is 2.12. The second kappa shape index (κ2) is 6.12. The quantitative estimate of drug-likeness (QED) is 0.844. The summed E-state index contributed by atoms with van der Waals surface area (Å²) in [6.45, 7) is 2.96. The van der Waals surface area contributed by atoms with Gasteiger partial charge in [-0.05, 0) is 36.7 Å². The van der Waals surface area contributed by atoms with Crippen LogP contribution in [0.5, 0.6) is 5.75 Å². The number of benzene rings is 1. The Morgan fingerprint density at radius 3 is 2.61 bits per heavy atom. The average molecular weight is 243 g/mol. The first kappa shape index (κ1) is 12.5. The first-order chi connectivity index (χ1) is 8.79. The molecule has 1 unspecified atom stereocenters. The fraction of sp³-hybridized carbons (Fsp3) is 0.286. The van der Waals surface area contributed by atoms with Gasteiger partial charge in [0, 0.05) is 6.20 Å². The lowest BCUT2D eigenvalue weighted by molar-refractivity contribution is 0.474. The Labute approximate surface area is 107 Å². The molecule has 0 saturated heterocycles. The van der Waals surface area contributed by atoms with Crippen LogP contribution in [-0.2, 0) is 6.42 Å². The summed E-state index contributed by atoms with van der Waals surface area (Å²) in [7, 11) is 0. The molecule has 0 bridgehead atoms. The minimum atomic E-state index is 0.169. The minimum Gasteiger partial charge on any atom is -0.508 e. The normalized spacial score (nSPS) is 12.3. The molecule has 2 N–H and O–H groups in total. The molecule has 1 atom stereocenters. The van der Waals surface area contributed by atoms with Crippen molar-refractivity contribution in [3.05, 3.63) is 54.1 Å². The van der Waals surface area contributed by atoms with Crippen LogP contribution in [0.4, 0.5) is 0 Å². The lowest BCUT2D eigenvalue weighted by Crippen LogP contribution is -2.23. The molecule has 0 saturated carbocycles. The first-order valence-corrected chi connectivity index (χ1v) is 6.06. The van der Waals surface area contributed by atoms with E-state index in [-0.39, 0.29) is 6.04 Å². The molecule has 2 rings (SSSR count). The van der Waals surface area contributed by atoms with Gasteiger partial charge in [0.15, 0.2) is 0 Å². The van der Waals surface area contributed by atoms with Gasteiger partial charge in [-0.15, -0.1) is 0 Å². The maximum atomic E-state index is 9.27. The molecule has 1 heterocycles. The van der Waals surface area contributed by atoms with Crippen molar-refractivity contribution in [2.75, 3.05) is 6.54 Å². The van der Waals surface area contributed by atoms with E-state index < -0.39 is 0 Å². The number of aromatic hydroxyl groups is 1. The van der Waals surface area contributed by atoms with Gasteiger partial charge in [-0.2, -0.15) is 0 Å². The molecule has 0 amide bonds. The van der Waals surface area contributed by atoms with Crippen molar-refractivity contribution in [3.63, 3.8) is 0 Å². The van der Waals surface area contributed by atoms with E-state index in [1.54, 1.807) is 24.7 Å². The summed E-state index contributed by atoms with van der Waals surface area (Å²) in [5, 5.41) is 12.7. The van der Waals surface area contributed by atoms with Crippen LogP contribution < -0.4 is 5.32 Å². The molecule has 94 valence electrons. The molecule has 0 aliphatic rings. The maximum Gasteiger partial charge on any atom is 0.115 e. The van der Waals surface area contributed by atoms with Gasteiger partial charge >= 0.3 is 0 Å². The molecule has 4 heteroatoms. The molecular weight excluding hydrogens is 226 g/mol. The minimum absolute atomic E-state index is 0.169. The third-order valence-electron chi connectivity index (χ3n) is 2.79.